The van der Waals surface area contributed by atoms with Gasteiger partial charge in [0.25, 0.3) is 5.91 Å². The fraction of sp³-hybridized carbons (Fsp3) is 0.565. The number of aryl methyl sites for hydroxylation is 1. The molecule has 5 rings (SSSR count). The predicted molar refractivity (Wildman–Crippen MR) is 124 cm³/mol. The third-order valence-electron chi connectivity index (χ3n) is 6.77. The van der Waals surface area contributed by atoms with Gasteiger partial charge in [0.05, 0.1) is 27.9 Å². The summed E-state index contributed by atoms with van der Waals surface area (Å²) in [6, 6.07) is 2.25. The van der Waals surface area contributed by atoms with Crippen LogP contribution in [0.5, 0.6) is 0 Å². The van der Waals surface area contributed by atoms with Crippen molar-refractivity contribution in [2.24, 2.45) is 5.92 Å². The smallest absolute Gasteiger partial charge is 0.258 e. The number of piperidine rings is 1. The molecule has 9 heteroatoms. The molecule has 0 aromatic carbocycles. The van der Waals surface area contributed by atoms with Crippen LogP contribution in [0.3, 0.4) is 0 Å². The summed E-state index contributed by atoms with van der Waals surface area (Å²) in [5.41, 5.74) is 3.30. The van der Waals surface area contributed by atoms with Crippen LogP contribution in [0.25, 0.3) is 10.6 Å². The van der Waals surface area contributed by atoms with Crippen molar-refractivity contribution in [1.29, 1.82) is 0 Å². The molecule has 4 heterocycles. The Bertz CT molecular complexity index is 1070. The van der Waals surface area contributed by atoms with Crippen molar-refractivity contribution in [3.05, 3.63) is 22.9 Å². The molecule has 0 radical (unpaired) electrons. The van der Waals surface area contributed by atoms with E-state index in [4.69, 9.17) is 4.98 Å². The van der Waals surface area contributed by atoms with Crippen LogP contribution in [-0.2, 0) is 11.3 Å². The first-order chi connectivity index (χ1) is 15.3. The van der Waals surface area contributed by atoms with Gasteiger partial charge in [0.1, 0.15) is 5.82 Å². The van der Waals surface area contributed by atoms with E-state index in [1.807, 2.05) is 17.9 Å². The van der Waals surface area contributed by atoms with Crippen molar-refractivity contribution in [1.82, 2.24) is 14.9 Å². The molecule has 170 valence electrons. The second-order valence-electron chi connectivity index (χ2n) is 9.21. The molecule has 1 saturated carbocycles. The number of carbonyl (C=O) groups is 2. The molecule has 1 aliphatic carbocycles. The third-order valence-corrected chi connectivity index (χ3v) is 7.86. The molecule has 0 spiro atoms. The molecular weight excluding hydrogens is 426 g/mol. The first kappa shape index (κ1) is 21.3. The largest absolute Gasteiger partial charge is 0.393 e. The summed E-state index contributed by atoms with van der Waals surface area (Å²) in [5, 5.41) is 13.3. The van der Waals surface area contributed by atoms with Gasteiger partial charge in [-0.2, -0.15) is 0 Å². The maximum atomic E-state index is 13.5. The number of rotatable bonds is 5. The van der Waals surface area contributed by atoms with Crippen molar-refractivity contribution in [3.8, 4) is 10.6 Å². The minimum atomic E-state index is -0.298. The van der Waals surface area contributed by atoms with Crippen molar-refractivity contribution in [3.63, 3.8) is 0 Å². The molecule has 2 N–H and O–H groups in total. The molecule has 1 atom stereocenters. The highest BCUT2D eigenvalue weighted by atomic mass is 32.1. The normalized spacial score (nSPS) is 19.9. The SMILES string of the molecule is CC(=O)Nc1nc(C)c(-c2cc3c(c(N4CCC(O)CC4)n2)C(=O)N([C@@H](C)C2CC2)C3)s1. The lowest BCUT2D eigenvalue weighted by atomic mass is 10.0. The second kappa shape index (κ2) is 8.12. The lowest BCUT2D eigenvalue weighted by molar-refractivity contribution is -0.114. The van der Waals surface area contributed by atoms with E-state index in [0.717, 1.165) is 21.8 Å². The van der Waals surface area contributed by atoms with Gasteiger partial charge in [-0.3, -0.25) is 9.59 Å². The Hall–Kier alpha value is -2.52. The van der Waals surface area contributed by atoms with Crippen molar-refractivity contribution >= 4 is 34.1 Å². The molecule has 0 bridgehead atoms. The van der Waals surface area contributed by atoms with Gasteiger partial charge in [-0.05, 0) is 57.1 Å². The Morgan fingerprint density at radius 3 is 2.62 bits per heavy atom. The Balaban J connectivity index is 1.56. The monoisotopic (exact) mass is 455 g/mol. The summed E-state index contributed by atoms with van der Waals surface area (Å²) < 4.78 is 0. The molecule has 1 saturated heterocycles. The van der Waals surface area contributed by atoms with E-state index in [1.165, 1.54) is 31.1 Å². The van der Waals surface area contributed by atoms with Crippen molar-refractivity contribution in [2.75, 3.05) is 23.3 Å². The second-order valence-corrected chi connectivity index (χ2v) is 10.2. The average molecular weight is 456 g/mol. The Morgan fingerprint density at radius 1 is 1.25 bits per heavy atom. The number of nitrogens with one attached hydrogen (secondary N) is 1. The zero-order chi connectivity index (χ0) is 22.6. The molecule has 32 heavy (non-hydrogen) atoms. The molecule has 3 aliphatic rings. The third kappa shape index (κ3) is 3.88. The van der Waals surface area contributed by atoms with Gasteiger partial charge in [-0.25, -0.2) is 9.97 Å². The summed E-state index contributed by atoms with van der Waals surface area (Å²) in [6.07, 6.45) is 3.42. The number of aliphatic hydroxyl groups excluding tert-OH is 1. The quantitative estimate of drug-likeness (QED) is 0.719. The number of thiazole rings is 1. The number of pyridine rings is 1. The molecule has 2 fully saturated rings. The molecule has 2 aromatic rings. The standard InChI is InChI=1S/C23H29N5O3S/c1-12-20(32-23(24-12)25-14(3)29)18-10-16-11-28(13(2)15-4-5-15)22(31)19(16)21(26-18)27-8-6-17(30)7-9-27/h10,13,15,17,30H,4-9,11H2,1-3H3,(H,24,25,29)/t13-/m0/s1. The van der Waals surface area contributed by atoms with Gasteiger partial charge < -0.3 is 20.2 Å². The molecule has 0 unspecified atom stereocenters. The molecule has 2 aromatic heterocycles. The van der Waals surface area contributed by atoms with Crippen LogP contribution in [0.4, 0.5) is 10.9 Å². The fourth-order valence-corrected chi connectivity index (χ4v) is 5.74. The molecule has 2 aliphatic heterocycles. The highest BCUT2D eigenvalue weighted by Crippen LogP contribution is 2.42. The van der Waals surface area contributed by atoms with Gasteiger partial charge in [0, 0.05) is 32.6 Å². The van der Waals surface area contributed by atoms with E-state index in [0.29, 0.717) is 54.9 Å². The number of aliphatic hydroxyl groups is 1. The lowest BCUT2D eigenvalue weighted by Crippen LogP contribution is -2.38. The van der Waals surface area contributed by atoms with E-state index in [2.05, 4.69) is 22.1 Å². The first-order valence-electron chi connectivity index (χ1n) is 11.3. The Labute approximate surface area is 191 Å². The lowest BCUT2D eigenvalue weighted by Gasteiger charge is -2.32. The summed E-state index contributed by atoms with van der Waals surface area (Å²) in [4.78, 5) is 39.5. The molecular formula is C23H29N5O3S. The highest BCUT2D eigenvalue weighted by Gasteiger charge is 2.41. The first-order valence-corrected chi connectivity index (χ1v) is 12.2. The number of anilines is 2. The van der Waals surface area contributed by atoms with Crippen LogP contribution in [0, 0.1) is 12.8 Å². The van der Waals surface area contributed by atoms with Gasteiger partial charge in [0.15, 0.2) is 5.13 Å². The Kier molecular flexibility index (Phi) is 5.41. The van der Waals surface area contributed by atoms with Crippen LogP contribution in [-0.4, -0.2) is 57.0 Å². The zero-order valence-electron chi connectivity index (χ0n) is 18.7. The minimum Gasteiger partial charge on any atom is -0.393 e. The van der Waals surface area contributed by atoms with Gasteiger partial charge in [-0.15, -0.1) is 0 Å². The van der Waals surface area contributed by atoms with Crippen molar-refractivity contribution < 1.29 is 14.7 Å². The number of hydrogen-bond acceptors (Lipinski definition) is 7. The van der Waals surface area contributed by atoms with Crippen LogP contribution < -0.4 is 10.2 Å². The van der Waals surface area contributed by atoms with E-state index < -0.39 is 0 Å². The average Bonchev–Trinajstić information content (AvgIpc) is 3.46. The topological polar surface area (TPSA) is 98.7 Å². The van der Waals surface area contributed by atoms with Crippen molar-refractivity contribution in [2.45, 2.75) is 65.1 Å². The number of amides is 2. The number of hydrogen-bond donors (Lipinski definition) is 2. The van der Waals surface area contributed by atoms with E-state index in [9.17, 15) is 14.7 Å². The summed E-state index contributed by atoms with van der Waals surface area (Å²) in [6.45, 7) is 7.48. The molecule has 2 amide bonds. The number of aromatic nitrogens is 2. The summed E-state index contributed by atoms with van der Waals surface area (Å²) in [7, 11) is 0. The van der Waals surface area contributed by atoms with Gasteiger partial charge in [0.2, 0.25) is 5.91 Å². The van der Waals surface area contributed by atoms with Crippen LogP contribution in [0.1, 0.15) is 61.1 Å². The molecule has 8 nitrogen and oxygen atoms in total. The van der Waals surface area contributed by atoms with E-state index in [-0.39, 0.29) is 24.0 Å². The fourth-order valence-electron chi connectivity index (χ4n) is 4.76. The maximum Gasteiger partial charge on any atom is 0.258 e. The van der Waals surface area contributed by atoms with Gasteiger partial charge >= 0.3 is 0 Å². The predicted octanol–water partition coefficient (Wildman–Crippen LogP) is 3.19. The minimum absolute atomic E-state index is 0.0690. The number of carbonyl (C=O) groups excluding carboxylic acids is 2. The Morgan fingerprint density at radius 2 is 1.97 bits per heavy atom. The van der Waals surface area contributed by atoms with Crippen LogP contribution >= 0.6 is 11.3 Å². The maximum absolute atomic E-state index is 13.5. The number of fused-ring (bicyclic) bond motifs is 1. The summed E-state index contributed by atoms with van der Waals surface area (Å²) in [5.74, 6) is 1.22. The highest BCUT2D eigenvalue weighted by molar-refractivity contribution is 7.19. The number of nitrogens with zero attached hydrogens (tertiary/aromatic N) is 4. The van der Waals surface area contributed by atoms with E-state index in [1.54, 1.807) is 0 Å². The summed E-state index contributed by atoms with van der Waals surface area (Å²) >= 11 is 1.40. The van der Waals surface area contributed by atoms with E-state index >= 15 is 0 Å². The zero-order valence-corrected chi connectivity index (χ0v) is 19.5. The van der Waals surface area contributed by atoms with Crippen LogP contribution in [0.15, 0.2) is 6.07 Å². The van der Waals surface area contributed by atoms with Crippen LogP contribution in [0.2, 0.25) is 0 Å². The van der Waals surface area contributed by atoms with Gasteiger partial charge in [-0.1, -0.05) is 11.3 Å².